The van der Waals surface area contributed by atoms with Gasteiger partial charge < -0.3 is 5.73 Å². The number of hydrogen-bond acceptors (Lipinski definition) is 5. The minimum Gasteiger partial charge on any atom is -0.326 e. The van der Waals surface area contributed by atoms with Crippen molar-refractivity contribution in [3.8, 4) is 0 Å². The maximum atomic E-state index is 12.7. The zero-order valence-electron chi connectivity index (χ0n) is 12.1. The van der Waals surface area contributed by atoms with Crippen molar-refractivity contribution in [2.45, 2.75) is 36.9 Å². The van der Waals surface area contributed by atoms with Crippen LogP contribution in [0.15, 0.2) is 23.4 Å². The summed E-state index contributed by atoms with van der Waals surface area (Å²) < 4.78 is 27.1. The van der Waals surface area contributed by atoms with Crippen LogP contribution in [0.1, 0.15) is 24.8 Å². The summed E-state index contributed by atoms with van der Waals surface area (Å²) in [4.78, 5) is 6.51. The molecule has 6 nitrogen and oxygen atoms in total. The lowest BCUT2D eigenvalue weighted by Crippen LogP contribution is -2.39. The van der Waals surface area contributed by atoms with Crippen molar-refractivity contribution in [2.24, 2.45) is 5.73 Å². The number of nitrogens with two attached hydrogens (primary N) is 1. The van der Waals surface area contributed by atoms with E-state index in [1.165, 1.54) is 6.42 Å². The second-order valence-corrected chi connectivity index (χ2v) is 7.64. The molecule has 0 spiro atoms. The lowest BCUT2D eigenvalue weighted by atomic mass is 10.2. The molecular weight excluding hydrogens is 288 g/mol. The molecular formula is C14H22N4O2S. The van der Waals surface area contributed by atoms with Gasteiger partial charge in [0.25, 0.3) is 10.0 Å². The molecule has 0 aromatic carbocycles. The SMILES string of the molecule is NCc1ccc(S(=O)(=O)N2CCCN3CCCC3C2)nc1. The van der Waals surface area contributed by atoms with Gasteiger partial charge in [-0.1, -0.05) is 6.07 Å². The largest absolute Gasteiger partial charge is 0.326 e. The highest BCUT2D eigenvalue weighted by atomic mass is 32.2. The first-order valence-corrected chi connectivity index (χ1v) is 8.94. The van der Waals surface area contributed by atoms with Crippen molar-refractivity contribution in [1.82, 2.24) is 14.2 Å². The van der Waals surface area contributed by atoms with Crippen molar-refractivity contribution in [2.75, 3.05) is 26.2 Å². The maximum Gasteiger partial charge on any atom is 0.260 e. The molecule has 116 valence electrons. The summed E-state index contributed by atoms with van der Waals surface area (Å²) in [6.07, 6.45) is 4.69. The molecule has 0 aliphatic carbocycles. The van der Waals surface area contributed by atoms with E-state index in [-0.39, 0.29) is 5.03 Å². The Hall–Kier alpha value is -1.02. The average Bonchev–Trinajstić information content (AvgIpc) is 2.84. The van der Waals surface area contributed by atoms with Crippen LogP contribution in [0.3, 0.4) is 0 Å². The minimum atomic E-state index is -3.49. The minimum absolute atomic E-state index is 0.131. The number of sulfonamides is 1. The Kier molecular flexibility index (Phi) is 4.26. The average molecular weight is 310 g/mol. The molecule has 1 atom stereocenters. The summed E-state index contributed by atoms with van der Waals surface area (Å²) in [7, 11) is -3.49. The first-order valence-electron chi connectivity index (χ1n) is 7.50. The Morgan fingerprint density at radius 2 is 2.05 bits per heavy atom. The van der Waals surface area contributed by atoms with Crippen LogP contribution in [-0.2, 0) is 16.6 Å². The Morgan fingerprint density at radius 3 is 2.76 bits per heavy atom. The maximum absolute atomic E-state index is 12.7. The molecule has 1 aromatic heterocycles. The van der Waals surface area contributed by atoms with E-state index in [1.807, 2.05) is 0 Å². The molecule has 2 fully saturated rings. The van der Waals surface area contributed by atoms with E-state index in [1.54, 1.807) is 22.6 Å². The molecule has 2 saturated heterocycles. The molecule has 0 bridgehead atoms. The van der Waals surface area contributed by atoms with Gasteiger partial charge in [0.15, 0.2) is 5.03 Å². The van der Waals surface area contributed by atoms with Crippen molar-refractivity contribution >= 4 is 10.0 Å². The molecule has 21 heavy (non-hydrogen) atoms. The Bertz CT molecular complexity index is 587. The number of pyridine rings is 1. The van der Waals surface area contributed by atoms with Crippen LogP contribution in [0.5, 0.6) is 0 Å². The molecule has 1 aromatic rings. The van der Waals surface area contributed by atoms with Gasteiger partial charge in [0, 0.05) is 31.9 Å². The predicted octanol–water partition coefficient (Wildman–Crippen LogP) is 0.399. The van der Waals surface area contributed by atoms with Crippen LogP contribution in [-0.4, -0.2) is 54.8 Å². The highest BCUT2D eigenvalue weighted by Crippen LogP contribution is 2.24. The summed E-state index contributed by atoms with van der Waals surface area (Å²) >= 11 is 0. The van der Waals surface area contributed by atoms with Gasteiger partial charge in [-0.2, -0.15) is 4.31 Å². The van der Waals surface area contributed by atoms with Crippen molar-refractivity contribution < 1.29 is 8.42 Å². The fourth-order valence-corrected chi connectivity index (χ4v) is 4.64. The van der Waals surface area contributed by atoms with E-state index in [0.29, 0.717) is 25.7 Å². The van der Waals surface area contributed by atoms with Crippen molar-refractivity contribution in [3.63, 3.8) is 0 Å². The van der Waals surface area contributed by atoms with E-state index in [9.17, 15) is 8.42 Å². The lowest BCUT2D eigenvalue weighted by Gasteiger charge is -2.24. The smallest absolute Gasteiger partial charge is 0.260 e. The van der Waals surface area contributed by atoms with Crippen LogP contribution >= 0.6 is 0 Å². The number of aromatic nitrogens is 1. The van der Waals surface area contributed by atoms with E-state index < -0.39 is 10.0 Å². The molecule has 7 heteroatoms. The number of nitrogens with zero attached hydrogens (tertiary/aromatic N) is 3. The molecule has 2 aliphatic rings. The fourth-order valence-electron chi connectivity index (χ4n) is 3.21. The zero-order valence-corrected chi connectivity index (χ0v) is 12.9. The number of rotatable bonds is 3. The van der Waals surface area contributed by atoms with Crippen molar-refractivity contribution in [3.05, 3.63) is 23.9 Å². The van der Waals surface area contributed by atoms with E-state index in [2.05, 4.69) is 9.88 Å². The topological polar surface area (TPSA) is 79.5 Å². The van der Waals surface area contributed by atoms with Crippen molar-refractivity contribution in [1.29, 1.82) is 0 Å². The van der Waals surface area contributed by atoms with Crippen LogP contribution in [0.4, 0.5) is 0 Å². The van der Waals surface area contributed by atoms with Gasteiger partial charge in [0.05, 0.1) is 0 Å². The predicted molar refractivity (Wildman–Crippen MR) is 80.1 cm³/mol. The molecule has 1 unspecified atom stereocenters. The molecule has 0 amide bonds. The Balaban J connectivity index is 1.82. The van der Waals surface area contributed by atoms with Gasteiger partial charge in [-0.15, -0.1) is 0 Å². The third-order valence-electron chi connectivity index (χ3n) is 4.40. The van der Waals surface area contributed by atoms with Gasteiger partial charge >= 0.3 is 0 Å². The highest BCUT2D eigenvalue weighted by molar-refractivity contribution is 7.89. The molecule has 2 aliphatic heterocycles. The quantitative estimate of drug-likeness (QED) is 0.874. The Morgan fingerprint density at radius 1 is 1.24 bits per heavy atom. The molecule has 0 radical (unpaired) electrons. The molecule has 3 rings (SSSR count). The zero-order chi connectivity index (χ0) is 14.9. The number of fused-ring (bicyclic) bond motifs is 1. The standard InChI is InChI=1S/C14H22N4O2S/c15-9-12-4-5-14(16-10-12)21(19,20)18-8-2-7-17-6-1-3-13(17)11-18/h4-5,10,13H,1-3,6-9,11,15H2. The fraction of sp³-hybridized carbons (Fsp3) is 0.643. The third-order valence-corrected chi connectivity index (χ3v) is 6.19. The first-order chi connectivity index (χ1) is 10.1. The highest BCUT2D eigenvalue weighted by Gasteiger charge is 2.34. The molecule has 0 saturated carbocycles. The second kappa shape index (κ2) is 6.00. The summed E-state index contributed by atoms with van der Waals surface area (Å²) in [5.74, 6) is 0. The molecule has 2 N–H and O–H groups in total. The lowest BCUT2D eigenvalue weighted by molar-refractivity contribution is 0.257. The van der Waals surface area contributed by atoms with Gasteiger partial charge in [0.2, 0.25) is 0 Å². The summed E-state index contributed by atoms with van der Waals surface area (Å²) in [6, 6.07) is 3.67. The molecule has 3 heterocycles. The number of hydrogen-bond donors (Lipinski definition) is 1. The third kappa shape index (κ3) is 2.96. The summed E-state index contributed by atoms with van der Waals surface area (Å²) in [5.41, 5.74) is 6.37. The van der Waals surface area contributed by atoms with E-state index in [0.717, 1.165) is 31.5 Å². The van der Waals surface area contributed by atoms with Crippen LogP contribution in [0, 0.1) is 0 Å². The van der Waals surface area contributed by atoms with Gasteiger partial charge in [0.1, 0.15) is 0 Å². The monoisotopic (exact) mass is 310 g/mol. The van der Waals surface area contributed by atoms with Crippen LogP contribution in [0.2, 0.25) is 0 Å². The normalized spacial score (nSPS) is 24.7. The van der Waals surface area contributed by atoms with E-state index in [4.69, 9.17) is 5.73 Å². The van der Waals surface area contributed by atoms with Crippen LogP contribution < -0.4 is 5.73 Å². The summed E-state index contributed by atoms with van der Waals surface area (Å²) in [5, 5.41) is 0.131. The summed E-state index contributed by atoms with van der Waals surface area (Å²) in [6.45, 7) is 3.63. The second-order valence-electron chi connectivity index (χ2n) is 5.76. The van der Waals surface area contributed by atoms with Gasteiger partial charge in [-0.05, 0) is 44.0 Å². The van der Waals surface area contributed by atoms with Gasteiger partial charge in [-0.25, -0.2) is 13.4 Å². The van der Waals surface area contributed by atoms with Gasteiger partial charge in [-0.3, -0.25) is 4.90 Å². The Labute approximate surface area is 126 Å². The first kappa shape index (κ1) is 14.9. The van der Waals surface area contributed by atoms with Crippen LogP contribution in [0.25, 0.3) is 0 Å². The van der Waals surface area contributed by atoms with E-state index >= 15 is 0 Å².